The van der Waals surface area contributed by atoms with Crippen molar-refractivity contribution < 1.29 is 8.78 Å². The molecule has 0 spiro atoms. The number of rotatable bonds is 10. The van der Waals surface area contributed by atoms with Crippen LogP contribution in [-0.4, -0.2) is 32.2 Å². The summed E-state index contributed by atoms with van der Waals surface area (Å²) in [6.07, 6.45) is 2.01. The zero-order valence-corrected chi connectivity index (χ0v) is 19.7. The lowest BCUT2D eigenvalue weighted by atomic mass is 10.1. The Morgan fingerprint density at radius 1 is 1.09 bits per heavy atom. The molecule has 3 rings (SSSR count). The fourth-order valence-corrected chi connectivity index (χ4v) is 3.95. The van der Waals surface area contributed by atoms with Crippen LogP contribution in [0.3, 0.4) is 0 Å². The van der Waals surface area contributed by atoms with Crippen LogP contribution in [0.15, 0.2) is 53.6 Å². The molecule has 1 aromatic heterocycles. The van der Waals surface area contributed by atoms with Gasteiger partial charge in [0.1, 0.15) is 17.5 Å². The second kappa shape index (κ2) is 11.4. The molecule has 5 nitrogen and oxygen atoms in total. The molecule has 3 N–H and O–H groups in total. The molecule has 32 heavy (non-hydrogen) atoms. The number of aromatic nitrogens is 1. The minimum atomic E-state index is -0.438. The van der Waals surface area contributed by atoms with Gasteiger partial charge in [0.2, 0.25) is 0 Å². The van der Waals surface area contributed by atoms with Crippen molar-refractivity contribution in [3.05, 3.63) is 70.9 Å². The number of halogens is 3. The molecule has 0 saturated heterocycles. The SMILES string of the molecule is CCc1ccc(Nc2cc(F)c(SNc3ccc(F)cn3)cc2Cl)c(N(C)CCNC)c1. The Morgan fingerprint density at radius 3 is 2.59 bits per heavy atom. The fraction of sp³-hybridized carbons (Fsp3) is 0.261. The fourth-order valence-electron chi connectivity index (χ4n) is 3.01. The Kier molecular flexibility index (Phi) is 8.55. The van der Waals surface area contributed by atoms with Gasteiger partial charge in [0.05, 0.1) is 33.2 Å². The number of anilines is 4. The highest BCUT2D eigenvalue weighted by molar-refractivity contribution is 8.00. The smallest absolute Gasteiger partial charge is 0.141 e. The monoisotopic (exact) mass is 477 g/mol. The third kappa shape index (κ3) is 6.25. The van der Waals surface area contributed by atoms with Gasteiger partial charge in [0.25, 0.3) is 0 Å². The second-order valence-corrected chi connectivity index (χ2v) is 8.44. The largest absolute Gasteiger partial charge is 0.372 e. The molecule has 170 valence electrons. The van der Waals surface area contributed by atoms with Gasteiger partial charge in [-0.3, -0.25) is 0 Å². The lowest BCUT2D eigenvalue weighted by Gasteiger charge is -2.24. The highest BCUT2D eigenvalue weighted by Crippen LogP contribution is 2.36. The van der Waals surface area contributed by atoms with Crippen LogP contribution in [0.2, 0.25) is 5.02 Å². The van der Waals surface area contributed by atoms with Gasteiger partial charge in [-0.1, -0.05) is 24.6 Å². The van der Waals surface area contributed by atoms with Gasteiger partial charge in [-0.2, -0.15) is 0 Å². The Bertz CT molecular complexity index is 1050. The summed E-state index contributed by atoms with van der Waals surface area (Å²) in [6, 6.07) is 11.8. The normalized spacial score (nSPS) is 10.8. The van der Waals surface area contributed by atoms with Crippen LogP contribution >= 0.6 is 23.5 Å². The van der Waals surface area contributed by atoms with Gasteiger partial charge < -0.3 is 20.3 Å². The first-order valence-corrected chi connectivity index (χ1v) is 11.4. The maximum Gasteiger partial charge on any atom is 0.141 e. The van der Waals surface area contributed by atoms with E-state index in [1.807, 2.05) is 26.2 Å². The van der Waals surface area contributed by atoms with Gasteiger partial charge in [0, 0.05) is 26.2 Å². The standard InChI is InChI=1S/C23H26ClF2N5S/c1-4-15-5-7-19(21(11-15)31(3)10-9-27-2)29-20-13-18(26)22(12-17(20)24)32-30-23-8-6-16(25)14-28-23/h5-8,11-14,27,29H,4,9-10H2,1-3H3,(H,28,30). The first kappa shape index (κ1) is 24.1. The van der Waals surface area contributed by atoms with Crippen molar-refractivity contribution in [2.75, 3.05) is 42.1 Å². The topological polar surface area (TPSA) is 52.2 Å². The molecule has 0 bridgehead atoms. The number of nitrogens with zero attached hydrogens (tertiary/aromatic N) is 2. The van der Waals surface area contributed by atoms with E-state index in [-0.39, 0.29) is 0 Å². The predicted molar refractivity (Wildman–Crippen MR) is 131 cm³/mol. The van der Waals surface area contributed by atoms with E-state index in [9.17, 15) is 8.78 Å². The Balaban J connectivity index is 1.80. The quantitative estimate of drug-likeness (QED) is 0.307. The molecule has 0 unspecified atom stereocenters. The number of likely N-dealkylation sites (N-methyl/N-ethyl adjacent to an activating group) is 2. The molecule has 3 aromatic rings. The average Bonchev–Trinajstić information content (AvgIpc) is 2.80. The van der Waals surface area contributed by atoms with E-state index in [2.05, 4.69) is 38.2 Å². The van der Waals surface area contributed by atoms with Crippen molar-refractivity contribution in [1.29, 1.82) is 0 Å². The number of hydrogen-bond donors (Lipinski definition) is 3. The number of pyridine rings is 1. The summed E-state index contributed by atoms with van der Waals surface area (Å²) in [7, 11) is 3.94. The summed E-state index contributed by atoms with van der Waals surface area (Å²) in [5.41, 5.74) is 3.54. The molecular weight excluding hydrogens is 452 g/mol. The van der Waals surface area contributed by atoms with Crippen molar-refractivity contribution in [2.24, 2.45) is 0 Å². The summed E-state index contributed by atoms with van der Waals surface area (Å²) < 4.78 is 30.7. The van der Waals surface area contributed by atoms with E-state index >= 15 is 0 Å². The van der Waals surface area contributed by atoms with E-state index in [0.29, 0.717) is 21.4 Å². The Hall–Kier alpha value is -2.55. The van der Waals surface area contributed by atoms with Crippen LogP contribution in [0.25, 0.3) is 0 Å². The van der Waals surface area contributed by atoms with Gasteiger partial charge in [0.15, 0.2) is 0 Å². The third-order valence-electron chi connectivity index (χ3n) is 4.86. The lowest BCUT2D eigenvalue weighted by Crippen LogP contribution is -2.27. The van der Waals surface area contributed by atoms with Crippen molar-refractivity contribution in [3.63, 3.8) is 0 Å². The molecule has 0 aliphatic rings. The Labute approximate surface area is 196 Å². The van der Waals surface area contributed by atoms with Crippen LogP contribution in [-0.2, 0) is 6.42 Å². The third-order valence-corrected chi connectivity index (χ3v) is 6.02. The van der Waals surface area contributed by atoms with Crippen molar-refractivity contribution in [3.8, 4) is 0 Å². The molecule has 9 heteroatoms. The number of aryl methyl sites for hydroxylation is 1. The highest BCUT2D eigenvalue weighted by atomic mass is 35.5. The van der Waals surface area contributed by atoms with E-state index in [4.69, 9.17) is 11.6 Å². The summed E-state index contributed by atoms with van der Waals surface area (Å²) in [5, 5.41) is 6.81. The first-order valence-electron chi connectivity index (χ1n) is 10.2. The minimum absolute atomic E-state index is 0.305. The second-order valence-electron chi connectivity index (χ2n) is 7.18. The van der Waals surface area contributed by atoms with Crippen LogP contribution in [0, 0.1) is 11.6 Å². The molecule has 0 radical (unpaired) electrons. The van der Waals surface area contributed by atoms with Crippen LogP contribution in [0.4, 0.5) is 31.7 Å². The maximum atomic E-state index is 14.8. The molecule has 0 atom stereocenters. The molecule has 0 amide bonds. The summed E-state index contributed by atoms with van der Waals surface area (Å²) in [6.45, 7) is 3.76. The molecule has 0 fully saturated rings. The van der Waals surface area contributed by atoms with E-state index in [1.165, 1.54) is 23.8 Å². The van der Waals surface area contributed by atoms with Crippen LogP contribution < -0.4 is 20.3 Å². The predicted octanol–water partition coefficient (Wildman–Crippen LogP) is 6.09. The zero-order chi connectivity index (χ0) is 23.1. The molecule has 2 aromatic carbocycles. The van der Waals surface area contributed by atoms with Crippen LogP contribution in [0.1, 0.15) is 12.5 Å². The van der Waals surface area contributed by atoms with Gasteiger partial charge >= 0.3 is 0 Å². The average molecular weight is 478 g/mol. The molecule has 0 aliphatic heterocycles. The summed E-state index contributed by atoms with van der Waals surface area (Å²) in [5.74, 6) is -0.459. The first-order chi connectivity index (χ1) is 15.4. The number of nitrogens with one attached hydrogen (secondary N) is 3. The Morgan fingerprint density at radius 2 is 1.91 bits per heavy atom. The van der Waals surface area contributed by atoms with Gasteiger partial charge in [-0.25, -0.2) is 13.8 Å². The number of benzene rings is 2. The summed E-state index contributed by atoms with van der Waals surface area (Å²) in [4.78, 5) is 6.35. The van der Waals surface area contributed by atoms with Crippen LogP contribution in [0.5, 0.6) is 0 Å². The highest BCUT2D eigenvalue weighted by Gasteiger charge is 2.14. The molecule has 0 aliphatic carbocycles. The molecule has 1 heterocycles. The van der Waals surface area contributed by atoms with Crippen molar-refractivity contribution in [2.45, 2.75) is 18.2 Å². The molecule has 0 saturated carbocycles. The van der Waals surface area contributed by atoms with E-state index in [1.54, 1.807) is 6.07 Å². The maximum absolute atomic E-state index is 14.8. The van der Waals surface area contributed by atoms with Gasteiger partial charge in [-0.15, -0.1) is 0 Å². The van der Waals surface area contributed by atoms with E-state index < -0.39 is 11.6 Å². The minimum Gasteiger partial charge on any atom is -0.372 e. The zero-order valence-electron chi connectivity index (χ0n) is 18.2. The molecular formula is C23H26ClF2N5S. The number of hydrogen-bond acceptors (Lipinski definition) is 6. The summed E-state index contributed by atoms with van der Waals surface area (Å²) >= 11 is 7.49. The van der Waals surface area contributed by atoms with E-state index in [0.717, 1.165) is 49.0 Å². The van der Waals surface area contributed by atoms with Gasteiger partial charge in [-0.05, 0) is 61.3 Å². The van der Waals surface area contributed by atoms with Crippen molar-refractivity contribution >= 4 is 46.4 Å². The lowest BCUT2D eigenvalue weighted by molar-refractivity contribution is 0.603. The van der Waals surface area contributed by atoms with Crippen molar-refractivity contribution in [1.82, 2.24) is 10.3 Å².